The number of rotatable bonds is 8. The number of hydrogen-bond donors (Lipinski definition) is 4. The Morgan fingerprint density at radius 1 is 0.973 bits per heavy atom. The summed E-state index contributed by atoms with van der Waals surface area (Å²) in [7, 11) is 0. The Kier molecular flexibility index (Phi) is 8.55. The van der Waals surface area contributed by atoms with Crippen LogP contribution in [0.15, 0.2) is 0 Å². The van der Waals surface area contributed by atoms with E-state index in [0.29, 0.717) is 30.5 Å². The predicted molar refractivity (Wildman–Crippen MR) is 142 cm³/mol. The number of thioether (sulfide) groups is 1. The van der Waals surface area contributed by atoms with Gasteiger partial charge in [0.15, 0.2) is 5.12 Å². The second-order valence-corrected chi connectivity index (χ2v) is 14.2. The number of carbonyl (C=O) groups is 3. The number of carboxylic acid groups (broad SMARTS) is 1. The molecule has 8 heteroatoms. The molecular weight excluding hydrogens is 492 g/mol. The van der Waals surface area contributed by atoms with Crippen LogP contribution < -0.4 is 0 Å². The summed E-state index contributed by atoms with van der Waals surface area (Å²) in [4.78, 5) is 35.6. The van der Waals surface area contributed by atoms with Crippen LogP contribution in [0.5, 0.6) is 0 Å². The van der Waals surface area contributed by atoms with Crippen LogP contribution in [0.4, 0.5) is 0 Å². The van der Waals surface area contributed by atoms with E-state index in [1.807, 2.05) is 0 Å². The van der Waals surface area contributed by atoms with Gasteiger partial charge >= 0.3 is 5.97 Å². The fourth-order valence-electron chi connectivity index (χ4n) is 9.31. The maximum atomic E-state index is 12.7. The first kappa shape index (κ1) is 29.0. The van der Waals surface area contributed by atoms with Gasteiger partial charge in [0.25, 0.3) is 0 Å². The molecule has 0 bridgehead atoms. The third-order valence-corrected chi connectivity index (χ3v) is 12.6. The van der Waals surface area contributed by atoms with Gasteiger partial charge in [-0.1, -0.05) is 32.5 Å². The molecule has 4 N–H and O–H groups in total. The fraction of sp³-hybridized carbons (Fsp3) is 0.897. The van der Waals surface area contributed by atoms with E-state index >= 15 is 0 Å². The first-order valence-electron chi connectivity index (χ1n) is 14.3. The van der Waals surface area contributed by atoms with Gasteiger partial charge < -0.3 is 20.4 Å². The largest absolute Gasteiger partial charge is 0.481 e. The quantitative estimate of drug-likeness (QED) is 0.342. The zero-order valence-corrected chi connectivity index (χ0v) is 23.6. The second kappa shape index (κ2) is 10.9. The third-order valence-electron chi connectivity index (χ3n) is 11.5. The van der Waals surface area contributed by atoms with Crippen molar-refractivity contribution < 1.29 is 34.8 Å². The predicted octanol–water partition coefficient (Wildman–Crippen LogP) is 3.91. The molecule has 0 saturated heterocycles. The van der Waals surface area contributed by atoms with Crippen molar-refractivity contribution in [3.63, 3.8) is 0 Å². The highest BCUT2D eigenvalue weighted by atomic mass is 32.2. The molecule has 0 radical (unpaired) electrons. The molecule has 1 unspecified atom stereocenters. The van der Waals surface area contributed by atoms with Crippen LogP contribution in [-0.4, -0.2) is 61.4 Å². The average molecular weight is 539 g/mol. The number of fused-ring (bicyclic) bond motifs is 5. The topological polar surface area (TPSA) is 132 Å². The van der Waals surface area contributed by atoms with Gasteiger partial charge in [0, 0.05) is 6.42 Å². The van der Waals surface area contributed by atoms with Crippen molar-refractivity contribution in [3.05, 3.63) is 0 Å². The highest BCUT2D eigenvalue weighted by molar-refractivity contribution is 8.14. The van der Waals surface area contributed by atoms with Gasteiger partial charge in [-0.25, -0.2) is 0 Å². The minimum absolute atomic E-state index is 0.0445. The van der Waals surface area contributed by atoms with Crippen molar-refractivity contribution in [3.8, 4) is 0 Å². The molecule has 4 aliphatic carbocycles. The van der Waals surface area contributed by atoms with Crippen LogP contribution in [0, 0.1) is 52.3 Å². The lowest BCUT2D eigenvalue weighted by atomic mass is 9.43. The Morgan fingerprint density at radius 2 is 1.68 bits per heavy atom. The van der Waals surface area contributed by atoms with Crippen LogP contribution in [0.25, 0.3) is 0 Å². The molecule has 4 aliphatic rings. The summed E-state index contributed by atoms with van der Waals surface area (Å²) in [6, 6.07) is 0. The van der Waals surface area contributed by atoms with Gasteiger partial charge in [-0.3, -0.25) is 14.4 Å². The van der Waals surface area contributed by atoms with Crippen molar-refractivity contribution in [1.82, 2.24) is 0 Å². The first-order chi connectivity index (χ1) is 17.3. The normalized spacial score (nSPS) is 44.7. The van der Waals surface area contributed by atoms with Crippen molar-refractivity contribution >= 4 is 28.6 Å². The minimum Gasteiger partial charge on any atom is -0.481 e. The monoisotopic (exact) mass is 538 g/mol. The summed E-state index contributed by atoms with van der Waals surface area (Å²) in [5.41, 5.74) is -0.274. The maximum absolute atomic E-state index is 12.7. The smallest absolute Gasteiger partial charge is 0.313 e. The van der Waals surface area contributed by atoms with Crippen LogP contribution in [0.2, 0.25) is 0 Å². The Morgan fingerprint density at radius 3 is 2.35 bits per heavy atom. The van der Waals surface area contributed by atoms with Crippen LogP contribution in [-0.2, 0) is 14.4 Å². The van der Waals surface area contributed by atoms with Crippen LogP contribution in [0.3, 0.4) is 0 Å². The van der Waals surface area contributed by atoms with Gasteiger partial charge in [-0.05, 0) is 105 Å². The molecule has 4 fully saturated rings. The fourth-order valence-corrected chi connectivity index (χ4v) is 9.96. The average Bonchev–Trinajstić information content (AvgIpc) is 3.20. The zero-order valence-electron chi connectivity index (χ0n) is 22.8. The molecule has 0 heterocycles. The number of Topliss-reactive ketones (excluding diaryl/α,β-unsaturated/α-hetero) is 1. The van der Waals surface area contributed by atoms with E-state index in [0.717, 1.165) is 38.5 Å². The molecule has 0 aromatic heterocycles. The molecule has 4 saturated carbocycles. The summed E-state index contributed by atoms with van der Waals surface area (Å²) in [6.07, 6.45) is 5.60. The van der Waals surface area contributed by atoms with E-state index in [-0.39, 0.29) is 64.5 Å². The SMILES string of the molecule is CC(C(=O)CC[C@@H](C)[C@H]1CC[C@H]2[C@@H]3[C@H](O)C[C@@H]4C[C@H](O)CC[C@]4(C)[C@H]3C[C@H](O)[C@]12C)C(=O)SCC(=O)O. The lowest BCUT2D eigenvalue weighted by molar-refractivity contribution is -0.207. The zero-order chi connectivity index (χ0) is 27.3. The number of aliphatic hydroxyl groups is 3. The molecule has 0 aromatic rings. The van der Waals surface area contributed by atoms with Crippen molar-refractivity contribution in [2.75, 3.05) is 5.75 Å². The lowest BCUT2D eigenvalue weighted by Crippen LogP contribution is -2.62. The number of aliphatic carboxylic acids is 1. The van der Waals surface area contributed by atoms with Crippen molar-refractivity contribution in [2.24, 2.45) is 52.3 Å². The molecule has 4 rings (SSSR count). The summed E-state index contributed by atoms with van der Waals surface area (Å²) in [5.74, 6) is -1.00. The van der Waals surface area contributed by atoms with Crippen molar-refractivity contribution in [1.29, 1.82) is 0 Å². The summed E-state index contributed by atoms with van der Waals surface area (Å²) in [5, 5.41) is 41.8. The van der Waals surface area contributed by atoms with E-state index in [9.17, 15) is 29.7 Å². The van der Waals surface area contributed by atoms with Crippen molar-refractivity contribution in [2.45, 2.75) is 104 Å². The number of ketones is 1. The van der Waals surface area contributed by atoms with Gasteiger partial charge in [0.05, 0.1) is 30.0 Å². The molecule has 0 aromatic carbocycles. The van der Waals surface area contributed by atoms with Gasteiger partial charge in [-0.15, -0.1) is 0 Å². The van der Waals surface area contributed by atoms with E-state index in [1.165, 1.54) is 0 Å². The molecular formula is C29H46O7S. The van der Waals surface area contributed by atoms with Gasteiger partial charge in [0.2, 0.25) is 0 Å². The van der Waals surface area contributed by atoms with Gasteiger partial charge in [0.1, 0.15) is 5.78 Å². The third kappa shape index (κ3) is 5.17. The highest BCUT2D eigenvalue weighted by Crippen LogP contribution is 2.68. The molecule has 0 amide bonds. The standard InChI is InChI=1S/C29H46O7S/c1-15(5-8-22(31)16(2)27(36)37-14-25(34)35)19-6-7-20-26-21(13-24(33)29(19,20)4)28(3)10-9-18(30)11-17(28)12-23(26)32/h15-21,23-24,26,30,32-33H,5-14H2,1-4H3,(H,34,35)/t15-,16?,17+,18-,19-,20+,21+,23-,24+,26+,28+,29-/m1/s1. The Labute approximate surface area is 225 Å². The van der Waals surface area contributed by atoms with Gasteiger partial charge in [-0.2, -0.15) is 0 Å². The molecule has 12 atom stereocenters. The second-order valence-electron chi connectivity index (χ2n) is 13.2. The maximum Gasteiger partial charge on any atom is 0.313 e. The number of hydrogen-bond acceptors (Lipinski definition) is 7. The molecule has 0 aliphatic heterocycles. The molecule has 0 spiro atoms. The summed E-state index contributed by atoms with van der Waals surface area (Å²) < 4.78 is 0. The lowest BCUT2D eigenvalue weighted by Gasteiger charge is -2.63. The van der Waals surface area contributed by atoms with E-state index in [2.05, 4.69) is 20.8 Å². The Balaban J connectivity index is 1.43. The summed E-state index contributed by atoms with van der Waals surface area (Å²) in [6.45, 7) is 8.24. The molecule has 37 heavy (non-hydrogen) atoms. The van der Waals surface area contributed by atoms with E-state index in [1.54, 1.807) is 6.92 Å². The molecule has 210 valence electrons. The Hall–Kier alpha value is -0.960. The highest BCUT2D eigenvalue weighted by Gasteiger charge is 2.65. The van der Waals surface area contributed by atoms with Crippen LogP contribution in [0.1, 0.15) is 85.5 Å². The Bertz CT molecular complexity index is 893. The molecule has 7 nitrogen and oxygen atoms in total. The number of carbonyl (C=O) groups excluding carboxylic acids is 2. The van der Waals surface area contributed by atoms with E-state index in [4.69, 9.17) is 5.11 Å². The first-order valence-corrected chi connectivity index (χ1v) is 15.2. The van der Waals surface area contributed by atoms with Crippen LogP contribution >= 0.6 is 11.8 Å². The number of carboxylic acids is 1. The summed E-state index contributed by atoms with van der Waals surface area (Å²) >= 11 is 0.683. The minimum atomic E-state index is -1.07. The number of aliphatic hydroxyl groups excluding tert-OH is 3. The van der Waals surface area contributed by atoms with E-state index < -0.39 is 29.2 Å².